The molecule has 3 nitrogen and oxygen atoms in total. The smallest absolute Gasteiger partial charge is 0.338 e. The summed E-state index contributed by atoms with van der Waals surface area (Å²) in [5.74, 6) is 0.427. The van der Waals surface area contributed by atoms with Crippen LogP contribution in [0.15, 0.2) is 18.2 Å². The van der Waals surface area contributed by atoms with Gasteiger partial charge in [-0.1, -0.05) is 26.8 Å². The Hall–Kier alpha value is -1.29. The summed E-state index contributed by atoms with van der Waals surface area (Å²) in [4.78, 5) is 11.7. The van der Waals surface area contributed by atoms with Crippen molar-refractivity contribution in [2.75, 3.05) is 7.11 Å². The molecule has 0 unspecified atom stereocenters. The van der Waals surface area contributed by atoms with Gasteiger partial charge in [0.05, 0.1) is 12.7 Å². The largest absolute Gasteiger partial charge is 0.543 e. The lowest BCUT2D eigenvalue weighted by molar-refractivity contribution is 0.0599. The number of hydrogen-bond donors (Lipinski definition) is 0. The molecule has 0 aliphatic heterocycles. The molecule has 19 heavy (non-hydrogen) atoms. The van der Waals surface area contributed by atoms with Crippen molar-refractivity contribution in [1.29, 1.82) is 0 Å². The molecule has 0 radical (unpaired) electrons. The first kappa shape index (κ1) is 15.8. The number of rotatable bonds is 3. The second-order valence-electron chi connectivity index (χ2n) is 6.33. The van der Waals surface area contributed by atoms with Gasteiger partial charge in [0.2, 0.25) is 8.32 Å². The molecule has 0 saturated heterocycles. The molecule has 0 aliphatic carbocycles. The van der Waals surface area contributed by atoms with E-state index in [2.05, 4.69) is 33.9 Å². The van der Waals surface area contributed by atoms with E-state index in [9.17, 15) is 4.79 Å². The number of esters is 1. The van der Waals surface area contributed by atoms with Gasteiger partial charge < -0.3 is 9.16 Å². The molecule has 0 amide bonds. The Morgan fingerprint density at radius 1 is 1.21 bits per heavy atom. The number of benzene rings is 1. The lowest BCUT2D eigenvalue weighted by Crippen LogP contribution is -2.43. The maximum absolute atomic E-state index is 11.7. The second-order valence-corrected chi connectivity index (χ2v) is 11.1. The van der Waals surface area contributed by atoms with E-state index in [0.717, 1.165) is 11.3 Å². The van der Waals surface area contributed by atoms with Gasteiger partial charge in [0.15, 0.2) is 0 Å². The molecular formula is C15H24O3Si. The highest BCUT2D eigenvalue weighted by atomic mass is 28.4. The summed E-state index contributed by atoms with van der Waals surface area (Å²) in [5, 5.41) is 0.128. The number of hydrogen-bond acceptors (Lipinski definition) is 3. The van der Waals surface area contributed by atoms with Gasteiger partial charge in [-0.25, -0.2) is 4.79 Å². The van der Waals surface area contributed by atoms with Crippen LogP contribution in [-0.4, -0.2) is 21.4 Å². The monoisotopic (exact) mass is 280 g/mol. The Morgan fingerprint density at radius 2 is 1.79 bits per heavy atom. The summed E-state index contributed by atoms with van der Waals surface area (Å²) in [6.07, 6.45) is 0. The summed E-state index contributed by atoms with van der Waals surface area (Å²) in [6, 6.07) is 5.60. The normalized spacial score (nSPS) is 12.2. The first-order chi connectivity index (χ1) is 8.58. The summed E-state index contributed by atoms with van der Waals surface area (Å²) in [7, 11) is -0.491. The van der Waals surface area contributed by atoms with Crippen molar-refractivity contribution >= 4 is 14.3 Å². The zero-order chi connectivity index (χ0) is 14.8. The third-order valence-electron chi connectivity index (χ3n) is 3.79. The Balaban J connectivity index is 3.08. The van der Waals surface area contributed by atoms with Gasteiger partial charge in [-0.2, -0.15) is 0 Å². The zero-order valence-corrected chi connectivity index (χ0v) is 14.0. The van der Waals surface area contributed by atoms with Crippen LogP contribution in [0, 0.1) is 6.92 Å². The van der Waals surface area contributed by atoms with Crippen LogP contribution >= 0.6 is 0 Å². The minimum Gasteiger partial charge on any atom is -0.543 e. The van der Waals surface area contributed by atoms with Gasteiger partial charge in [-0.05, 0) is 42.8 Å². The molecule has 4 heteroatoms. The molecule has 0 saturated carbocycles. The maximum atomic E-state index is 11.7. The van der Waals surface area contributed by atoms with Crippen LogP contribution in [0.5, 0.6) is 5.75 Å². The predicted octanol–water partition coefficient (Wildman–Crippen LogP) is 4.17. The molecule has 0 heterocycles. The van der Waals surface area contributed by atoms with Gasteiger partial charge in [-0.15, -0.1) is 0 Å². The van der Waals surface area contributed by atoms with E-state index >= 15 is 0 Å². The third kappa shape index (κ3) is 3.59. The van der Waals surface area contributed by atoms with E-state index in [4.69, 9.17) is 9.16 Å². The molecule has 0 aromatic heterocycles. The van der Waals surface area contributed by atoms with Crippen molar-refractivity contribution in [3.05, 3.63) is 29.3 Å². The summed E-state index contributed by atoms with van der Waals surface area (Å²) in [6.45, 7) is 12.8. The molecule has 1 aromatic rings. The van der Waals surface area contributed by atoms with Gasteiger partial charge in [0.25, 0.3) is 0 Å². The first-order valence-corrected chi connectivity index (χ1v) is 9.37. The minimum atomic E-state index is -1.88. The molecule has 1 rings (SSSR count). The Morgan fingerprint density at radius 3 is 2.26 bits per heavy atom. The Bertz CT molecular complexity index is 473. The molecule has 0 bridgehead atoms. The highest BCUT2D eigenvalue weighted by molar-refractivity contribution is 6.74. The minimum absolute atomic E-state index is 0.128. The highest BCUT2D eigenvalue weighted by Gasteiger charge is 2.39. The van der Waals surface area contributed by atoms with Crippen LogP contribution in [0.25, 0.3) is 0 Å². The number of methoxy groups -OCH3 is 1. The topological polar surface area (TPSA) is 35.5 Å². The second kappa shape index (κ2) is 5.37. The van der Waals surface area contributed by atoms with Gasteiger partial charge in [-0.3, -0.25) is 0 Å². The lowest BCUT2D eigenvalue weighted by Gasteiger charge is -2.36. The fourth-order valence-electron chi connectivity index (χ4n) is 1.44. The average Bonchev–Trinajstić information content (AvgIpc) is 2.29. The van der Waals surface area contributed by atoms with Crippen molar-refractivity contribution in [2.45, 2.75) is 45.8 Å². The fraction of sp³-hybridized carbons (Fsp3) is 0.533. The van der Waals surface area contributed by atoms with Crippen molar-refractivity contribution in [3.8, 4) is 5.75 Å². The van der Waals surface area contributed by atoms with Crippen LogP contribution < -0.4 is 4.43 Å². The maximum Gasteiger partial charge on any atom is 0.338 e. The molecule has 0 aliphatic rings. The molecule has 0 fully saturated rings. The van der Waals surface area contributed by atoms with Crippen LogP contribution in [0.4, 0.5) is 0 Å². The molecule has 0 spiro atoms. The van der Waals surface area contributed by atoms with E-state index in [-0.39, 0.29) is 11.0 Å². The molecular weight excluding hydrogens is 256 g/mol. The van der Waals surface area contributed by atoms with Crippen molar-refractivity contribution in [1.82, 2.24) is 0 Å². The zero-order valence-electron chi connectivity index (χ0n) is 13.0. The van der Waals surface area contributed by atoms with E-state index in [0.29, 0.717) is 5.56 Å². The standard InChI is InChI=1S/C15H24O3Si/c1-11-8-9-12(10-13(11)14(16)17-5)18-19(6,7)15(2,3)4/h8-10H,1-7H3. The SMILES string of the molecule is COC(=O)c1cc(O[Si](C)(C)C(C)(C)C)ccc1C. The molecule has 106 valence electrons. The predicted molar refractivity (Wildman–Crippen MR) is 80.3 cm³/mol. The number of aryl methyl sites for hydroxylation is 1. The van der Waals surface area contributed by atoms with Crippen molar-refractivity contribution in [3.63, 3.8) is 0 Å². The number of carbonyl (C=O) groups is 1. The fourth-order valence-corrected chi connectivity index (χ4v) is 2.46. The first-order valence-electron chi connectivity index (χ1n) is 6.46. The Kier molecular flexibility index (Phi) is 4.45. The quantitative estimate of drug-likeness (QED) is 0.616. The van der Waals surface area contributed by atoms with Crippen LogP contribution in [-0.2, 0) is 4.74 Å². The van der Waals surface area contributed by atoms with Gasteiger partial charge in [0.1, 0.15) is 5.75 Å². The van der Waals surface area contributed by atoms with Crippen molar-refractivity contribution in [2.24, 2.45) is 0 Å². The van der Waals surface area contributed by atoms with E-state index < -0.39 is 8.32 Å². The Labute approximate surface area is 117 Å². The lowest BCUT2D eigenvalue weighted by atomic mass is 10.1. The van der Waals surface area contributed by atoms with E-state index in [1.807, 2.05) is 19.1 Å². The molecule has 0 N–H and O–H groups in total. The van der Waals surface area contributed by atoms with Crippen LogP contribution in [0.3, 0.4) is 0 Å². The van der Waals surface area contributed by atoms with Gasteiger partial charge in [0, 0.05) is 0 Å². The number of carbonyl (C=O) groups excluding carboxylic acids is 1. The highest BCUT2D eigenvalue weighted by Crippen LogP contribution is 2.37. The summed E-state index contributed by atoms with van der Waals surface area (Å²) >= 11 is 0. The van der Waals surface area contributed by atoms with E-state index in [1.165, 1.54) is 7.11 Å². The molecule has 1 aromatic carbocycles. The van der Waals surface area contributed by atoms with Crippen LogP contribution in [0.1, 0.15) is 36.7 Å². The summed E-state index contributed by atoms with van der Waals surface area (Å²) < 4.78 is 11.0. The third-order valence-corrected chi connectivity index (χ3v) is 8.15. The summed E-state index contributed by atoms with van der Waals surface area (Å²) in [5.41, 5.74) is 1.47. The molecule has 0 atom stereocenters. The average molecular weight is 280 g/mol. The number of ether oxygens (including phenoxy) is 1. The van der Waals surface area contributed by atoms with Gasteiger partial charge >= 0.3 is 5.97 Å². The van der Waals surface area contributed by atoms with Crippen molar-refractivity contribution < 1.29 is 14.0 Å². The van der Waals surface area contributed by atoms with Crippen LogP contribution in [0.2, 0.25) is 18.1 Å². The van der Waals surface area contributed by atoms with E-state index in [1.54, 1.807) is 6.07 Å².